The number of aryl methyl sites for hydroxylation is 1. The summed E-state index contributed by atoms with van der Waals surface area (Å²) in [6, 6.07) is 13.2. The third-order valence-electron chi connectivity index (χ3n) is 6.30. The fraction of sp³-hybridized carbons (Fsp3) is 0.241. The van der Waals surface area contributed by atoms with Gasteiger partial charge in [0, 0.05) is 17.2 Å². The van der Waals surface area contributed by atoms with Crippen LogP contribution in [0.3, 0.4) is 0 Å². The van der Waals surface area contributed by atoms with Crippen molar-refractivity contribution in [1.29, 1.82) is 0 Å². The number of amides is 1. The molecule has 2 aliphatic rings. The van der Waals surface area contributed by atoms with Gasteiger partial charge < -0.3 is 14.2 Å². The molecule has 0 saturated heterocycles. The molecule has 4 rings (SSSR count). The van der Waals surface area contributed by atoms with Crippen molar-refractivity contribution in [3.8, 4) is 5.75 Å². The van der Waals surface area contributed by atoms with Crippen LogP contribution in [0.1, 0.15) is 30.5 Å². The van der Waals surface area contributed by atoms with Gasteiger partial charge in [0.15, 0.2) is 0 Å². The molecule has 1 amide bonds. The molecule has 2 aromatic carbocycles. The fourth-order valence-corrected chi connectivity index (χ4v) is 7.32. The van der Waals surface area contributed by atoms with E-state index in [1.807, 2.05) is 63.2 Å². The zero-order chi connectivity index (χ0) is 28.5. The predicted octanol–water partition coefficient (Wildman–Crippen LogP) is 5.92. The first-order chi connectivity index (χ1) is 18.5. The van der Waals surface area contributed by atoms with Crippen LogP contribution in [0.4, 0.5) is 5.69 Å². The van der Waals surface area contributed by atoms with Crippen molar-refractivity contribution in [1.82, 2.24) is 0 Å². The molecule has 0 saturated carbocycles. The smallest absolute Gasteiger partial charge is 0.346 e. The highest BCUT2D eigenvalue weighted by molar-refractivity contribution is 8.29. The van der Waals surface area contributed by atoms with E-state index in [-0.39, 0.29) is 15.7 Å². The van der Waals surface area contributed by atoms with Crippen molar-refractivity contribution in [2.45, 2.75) is 26.3 Å². The number of nitrogens with zero attached hydrogens (tertiary/aromatic N) is 1. The predicted molar refractivity (Wildman–Crippen MR) is 161 cm³/mol. The lowest BCUT2D eigenvalue weighted by atomic mass is 9.82. The number of hydrogen-bond donors (Lipinski definition) is 0. The average Bonchev–Trinajstić information content (AvgIpc) is 3.37. The first kappa shape index (κ1) is 28.7. The summed E-state index contributed by atoms with van der Waals surface area (Å²) in [5.41, 5.74) is 3.05. The van der Waals surface area contributed by atoms with Crippen LogP contribution in [0, 0.1) is 6.92 Å². The molecule has 39 heavy (non-hydrogen) atoms. The Kier molecular flexibility index (Phi) is 8.39. The van der Waals surface area contributed by atoms with Gasteiger partial charge in [-0.05, 0) is 56.7 Å². The van der Waals surface area contributed by atoms with Gasteiger partial charge in [0.1, 0.15) is 15.6 Å². The standard InChI is InChI=1S/C29H27NO6S3/c1-16-7-13-20-19(15-16)22(28-38-23(26(32)35-5)24(39-28)27(33)36-6)25(37)29(2,3)30(20)21(31)14-10-17-8-11-18(34-4)12-9-17/h7-15H,1-6H3. The monoisotopic (exact) mass is 581 g/mol. The number of esters is 2. The highest BCUT2D eigenvalue weighted by Crippen LogP contribution is 2.56. The lowest BCUT2D eigenvalue weighted by molar-refractivity contribution is -0.138. The Morgan fingerprint density at radius 2 is 1.51 bits per heavy atom. The van der Waals surface area contributed by atoms with E-state index >= 15 is 0 Å². The van der Waals surface area contributed by atoms with Crippen molar-refractivity contribution in [2.75, 3.05) is 26.2 Å². The van der Waals surface area contributed by atoms with E-state index in [0.29, 0.717) is 20.4 Å². The maximum atomic E-state index is 13.7. The average molecular weight is 582 g/mol. The van der Waals surface area contributed by atoms with Crippen LogP contribution in [0.5, 0.6) is 5.75 Å². The molecule has 202 valence electrons. The van der Waals surface area contributed by atoms with Crippen LogP contribution < -0.4 is 9.64 Å². The van der Waals surface area contributed by atoms with E-state index in [4.69, 9.17) is 26.4 Å². The van der Waals surface area contributed by atoms with Gasteiger partial charge in [-0.3, -0.25) is 9.69 Å². The van der Waals surface area contributed by atoms with Crippen molar-refractivity contribution in [2.24, 2.45) is 0 Å². The van der Waals surface area contributed by atoms with E-state index < -0.39 is 17.5 Å². The highest BCUT2D eigenvalue weighted by Gasteiger charge is 2.45. The van der Waals surface area contributed by atoms with Crippen LogP contribution in [-0.4, -0.2) is 49.6 Å². The maximum absolute atomic E-state index is 13.7. The molecule has 0 fully saturated rings. The van der Waals surface area contributed by atoms with Crippen LogP contribution in [0.2, 0.25) is 0 Å². The van der Waals surface area contributed by atoms with Crippen LogP contribution >= 0.6 is 35.7 Å². The molecule has 0 radical (unpaired) electrons. The summed E-state index contributed by atoms with van der Waals surface area (Å²) in [6.07, 6.45) is 3.28. The van der Waals surface area contributed by atoms with Gasteiger partial charge in [-0.25, -0.2) is 9.59 Å². The third-order valence-corrected chi connectivity index (χ3v) is 9.56. The zero-order valence-corrected chi connectivity index (χ0v) is 24.8. The minimum Gasteiger partial charge on any atom is -0.497 e. The lowest BCUT2D eigenvalue weighted by Crippen LogP contribution is -2.55. The summed E-state index contributed by atoms with van der Waals surface area (Å²) in [7, 11) is 4.12. The van der Waals surface area contributed by atoms with Crippen LogP contribution in [0.25, 0.3) is 11.6 Å². The molecule has 0 spiro atoms. The second-order valence-corrected chi connectivity index (χ2v) is 11.9. The summed E-state index contributed by atoms with van der Waals surface area (Å²) in [5, 5.41) is 0. The van der Waals surface area contributed by atoms with E-state index in [2.05, 4.69) is 0 Å². The molecule has 0 aliphatic carbocycles. The quantitative estimate of drug-likeness (QED) is 0.243. The number of fused-ring (bicyclic) bond motifs is 1. The number of carbonyl (C=O) groups is 3. The van der Waals surface area contributed by atoms with E-state index in [1.54, 1.807) is 18.1 Å². The van der Waals surface area contributed by atoms with Crippen molar-refractivity contribution < 1.29 is 28.6 Å². The van der Waals surface area contributed by atoms with Crippen molar-refractivity contribution >= 4 is 75.8 Å². The van der Waals surface area contributed by atoms with E-state index in [1.165, 1.54) is 20.3 Å². The molecule has 2 aromatic rings. The number of carbonyl (C=O) groups excluding carboxylic acids is 3. The maximum Gasteiger partial charge on any atom is 0.346 e. The normalized spacial score (nSPS) is 16.5. The van der Waals surface area contributed by atoms with Gasteiger partial charge in [-0.1, -0.05) is 59.5 Å². The highest BCUT2D eigenvalue weighted by atomic mass is 32.2. The Balaban J connectivity index is 1.81. The number of methoxy groups -OCH3 is 3. The molecule has 2 aliphatic heterocycles. The number of rotatable bonds is 5. The number of thioether (sulfide) groups is 2. The first-order valence-corrected chi connectivity index (χ1v) is 13.9. The van der Waals surface area contributed by atoms with Gasteiger partial charge in [-0.15, -0.1) is 0 Å². The molecule has 7 nitrogen and oxygen atoms in total. The summed E-state index contributed by atoms with van der Waals surface area (Å²) < 4.78 is 15.7. The van der Waals surface area contributed by atoms with E-state index in [0.717, 1.165) is 46.0 Å². The molecule has 0 bridgehead atoms. The topological polar surface area (TPSA) is 82.1 Å². The number of ether oxygens (including phenoxy) is 3. The first-order valence-electron chi connectivity index (χ1n) is 11.9. The Morgan fingerprint density at radius 3 is 2.05 bits per heavy atom. The number of benzene rings is 2. The van der Waals surface area contributed by atoms with Crippen LogP contribution in [0.15, 0.2) is 62.6 Å². The molecule has 0 N–H and O–H groups in total. The molecule has 0 aromatic heterocycles. The summed E-state index contributed by atoms with van der Waals surface area (Å²) in [4.78, 5) is 41.2. The summed E-state index contributed by atoms with van der Waals surface area (Å²) in [5.74, 6) is -0.764. The minimum atomic E-state index is -0.901. The second-order valence-electron chi connectivity index (χ2n) is 9.20. The molecular formula is C29H27NO6S3. The van der Waals surface area contributed by atoms with Gasteiger partial charge in [0.05, 0.1) is 41.7 Å². The second kappa shape index (κ2) is 11.4. The van der Waals surface area contributed by atoms with Gasteiger partial charge >= 0.3 is 11.9 Å². The number of anilines is 1. The SMILES string of the molecule is COC(=O)C1=C(C(=O)OC)SC(=C2C(=S)C(C)(C)N(C(=O)C=Cc3ccc(OC)cc3)c3ccc(C)cc32)S1. The van der Waals surface area contributed by atoms with Gasteiger partial charge in [0.2, 0.25) is 0 Å². The fourth-order valence-electron chi connectivity index (χ4n) is 4.29. The van der Waals surface area contributed by atoms with Crippen molar-refractivity contribution in [3.05, 3.63) is 79.3 Å². The molecule has 2 heterocycles. The Bertz CT molecular complexity index is 1440. The molecule has 10 heteroatoms. The minimum absolute atomic E-state index is 0.146. The summed E-state index contributed by atoms with van der Waals surface area (Å²) in [6.45, 7) is 5.73. The molecule has 0 atom stereocenters. The Morgan fingerprint density at radius 1 is 0.923 bits per heavy atom. The molecular weight excluding hydrogens is 555 g/mol. The Hall–Kier alpha value is -3.34. The van der Waals surface area contributed by atoms with Gasteiger partial charge in [0.25, 0.3) is 5.91 Å². The van der Waals surface area contributed by atoms with Crippen molar-refractivity contribution in [3.63, 3.8) is 0 Å². The summed E-state index contributed by atoms with van der Waals surface area (Å²) >= 11 is 8.27. The number of thiocarbonyl (C=S) groups is 1. The number of hydrogen-bond acceptors (Lipinski definition) is 9. The third kappa shape index (κ3) is 5.41. The van der Waals surface area contributed by atoms with Gasteiger partial charge in [-0.2, -0.15) is 0 Å². The lowest BCUT2D eigenvalue weighted by Gasteiger charge is -2.45. The molecule has 0 unspecified atom stereocenters. The zero-order valence-electron chi connectivity index (χ0n) is 22.3. The van der Waals surface area contributed by atoms with Crippen LogP contribution in [-0.2, 0) is 23.9 Å². The largest absolute Gasteiger partial charge is 0.497 e. The Labute approximate surface area is 241 Å². The van der Waals surface area contributed by atoms with E-state index in [9.17, 15) is 14.4 Å².